The predicted molar refractivity (Wildman–Crippen MR) is 79.2 cm³/mol. The van der Waals surface area contributed by atoms with Gasteiger partial charge in [0, 0.05) is 34.4 Å². The van der Waals surface area contributed by atoms with E-state index in [9.17, 15) is 9.00 Å². The molecule has 3 heterocycles. The van der Waals surface area contributed by atoms with Crippen molar-refractivity contribution in [3.05, 3.63) is 23.7 Å². The molecule has 3 rings (SSSR count). The third kappa shape index (κ3) is 2.90. The van der Waals surface area contributed by atoms with Gasteiger partial charge in [-0.05, 0) is 19.8 Å². The molecule has 2 N–H and O–H groups in total. The molecule has 0 radical (unpaired) electrons. The standard InChI is InChI=1S/C13H16N4O3S/c1-8-7-17-11(6-10(16-17)13(18)19)12(14-8)15-9-2-4-21(20)5-3-9/h6-7,9H,2-5H2,1H3,(H,14,15)(H,18,19). The van der Waals surface area contributed by atoms with Gasteiger partial charge in [0.05, 0.1) is 11.9 Å². The number of aromatic carboxylic acids is 1. The average molecular weight is 308 g/mol. The second-order valence-corrected chi connectivity index (χ2v) is 6.86. The molecule has 112 valence electrons. The summed E-state index contributed by atoms with van der Waals surface area (Å²) in [6, 6.07) is 1.72. The Balaban J connectivity index is 1.93. The van der Waals surface area contributed by atoms with Crippen molar-refractivity contribution >= 4 is 28.1 Å². The smallest absolute Gasteiger partial charge is 0.356 e. The van der Waals surface area contributed by atoms with Crippen molar-refractivity contribution in [3.63, 3.8) is 0 Å². The SMILES string of the molecule is Cc1cn2nc(C(=O)O)cc2c(NC2CCS(=O)CC2)n1. The monoisotopic (exact) mass is 308 g/mol. The summed E-state index contributed by atoms with van der Waals surface area (Å²) in [4.78, 5) is 15.5. The largest absolute Gasteiger partial charge is 0.476 e. The topological polar surface area (TPSA) is 96.6 Å². The number of carboxylic acids is 1. The van der Waals surface area contributed by atoms with Crippen molar-refractivity contribution in [2.45, 2.75) is 25.8 Å². The summed E-state index contributed by atoms with van der Waals surface area (Å²) in [5.74, 6) is 0.960. The van der Waals surface area contributed by atoms with E-state index in [1.807, 2.05) is 6.92 Å². The van der Waals surface area contributed by atoms with E-state index in [1.165, 1.54) is 10.6 Å². The van der Waals surface area contributed by atoms with Crippen LogP contribution in [0.5, 0.6) is 0 Å². The highest BCUT2D eigenvalue weighted by molar-refractivity contribution is 7.85. The Morgan fingerprint density at radius 1 is 1.48 bits per heavy atom. The molecule has 2 aromatic heterocycles. The highest BCUT2D eigenvalue weighted by Crippen LogP contribution is 2.21. The highest BCUT2D eigenvalue weighted by Gasteiger charge is 2.20. The Hall–Kier alpha value is -1.96. The van der Waals surface area contributed by atoms with Gasteiger partial charge >= 0.3 is 5.97 Å². The minimum atomic E-state index is -1.06. The van der Waals surface area contributed by atoms with Crippen LogP contribution in [0.1, 0.15) is 29.0 Å². The van der Waals surface area contributed by atoms with Gasteiger partial charge < -0.3 is 10.4 Å². The molecule has 2 aromatic rings. The predicted octanol–water partition coefficient (Wildman–Crippen LogP) is 1.06. The van der Waals surface area contributed by atoms with E-state index in [0.717, 1.165) is 18.5 Å². The molecular weight excluding hydrogens is 292 g/mol. The van der Waals surface area contributed by atoms with Crippen molar-refractivity contribution in [1.82, 2.24) is 14.6 Å². The summed E-state index contributed by atoms with van der Waals surface area (Å²) >= 11 is 0. The Morgan fingerprint density at radius 3 is 2.86 bits per heavy atom. The van der Waals surface area contributed by atoms with Crippen molar-refractivity contribution < 1.29 is 14.1 Å². The molecule has 0 bridgehead atoms. The van der Waals surface area contributed by atoms with Crippen molar-refractivity contribution in [1.29, 1.82) is 0 Å². The van der Waals surface area contributed by atoms with Crippen LogP contribution in [0.4, 0.5) is 5.82 Å². The van der Waals surface area contributed by atoms with Gasteiger partial charge in [0.2, 0.25) is 0 Å². The fraction of sp³-hybridized carbons (Fsp3) is 0.462. The highest BCUT2D eigenvalue weighted by atomic mass is 32.2. The van der Waals surface area contributed by atoms with Gasteiger partial charge in [-0.25, -0.2) is 14.3 Å². The minimum absolute atomic E-state index is 0.00445. The van der Waals surface area contributed by atoms with E-state index in [4.69, 9.17) is 5.11 Å². The third-order valence-corrected chi connectivity index (χ3v) is 4.91. The molecule has 0 unspecified atom stereocenters. The van der Waals surface area contributed by atoms with E-state index in [2.05, 4.69) is 15.4 Å². The average Bonchev–Trinajstić information content (AvgIpc) is 2.85. The van der Waals surface area contributed by atoms with Crippen molar-refractivity contribution in [3.8, 4) is 0 Å². The number of hydrogen-bond acceptors (Lipinski definition) is 5. The Bertz CT molecular complexity index is 718. The van der Waals surface area contributed by atoms with Crippen LogP contribution in [0.25, 0.3) is 5.52 Å². The van der Waals surface area contributed by atoms with Crippen LogP contribution in [0.2, 0.25) is 0 Å². The van der Waals surface area contributed by atoms with E-state index in [1.54, 1.807) is 6.20 Å². The molecule has 0 amide bonds. The molecular formula is C13H16N4O3S. The Kier molecular flexibility index (Phi) is 3.62. The van der Waals surface area contributed by atoms with Crippen LogP contribution in [0, 0.1) is 6.92 Å². The van der Waals surface area contributed by atoms with Crippen LogP contribution in [-0.4, -0.2) is 47.4 Å². The van der Waals surface area contributed by atoms with Crippen molar-refractivity contribution in [2.75, 3.05) is 16.8 Å². The molecule has 1 aliphatic heterocycles. The fourth-order valence-corrected chi connectivity index (χ4v) is 3.75. The van der Waals surface area contributed by atoms with Crippen LogP contribution in [-0.2, 0) is 10.8 Å². The zero-order valence-corrected chi connectivity index (χ0v) is 12.4. The number of rotatable bonds is 3. The maximum atomic E-state index is 11.4. The molecule has 8 heteroatoms. The lowest BCUT2D eigenvalue weighted by molar-refractivity contribution is 0.0690. The number of hydrogen-bond donors (Lipinski definition) is 2. The minimum Gasteiger partial charge on any atom is -0.476 e. The Morgan fingerprint density at radius 2 is 2.19 bits per heavy atom. The number of carbonyl (C=O) groups is 1. The van der Waals surface area contributed by atoms with Crippen LogP contribution >= 0.6 is 0 Å². The van der Waals surface area contributed by atoms with Gasteiger partial charge in [-0.2, -0.15) is 5.10 Å². The maximum absolute atomic E-state index is 11.4. The zero-order chi connectivity index (χ0) is 15.0. The summed E-state index contributed by atoms with van der Waals surface area (Å²) in [5.41, 5.74) is 1.39. The van der Waals surface area contributed by atoms with Gasteiger partial charge in [-0.15, -0.1) is 0 Å². The number of nitrogens with one attached hydrogen (secondary N) is 1. The van der Waals surface area contributed by atoms with E-state index in [0.29, 0.717) is 22.8 Å². The van der Waals surface area contributed by atoms with Gasteiger partial charge in [0.1, 0.15) is 5.52 Å². The first-order chi connectivity index (χ1) is 10.0. The van der Waals surface area contributed by atoms with Crippen molar-refractivity contribution in [2.24, 2.45) is 0 Å². The molecule has 0 aromatic carbocycles. The van der Waals surface area contributed by atoms with E-state index >= 15 is 0 Å². The van der Waals surface area contributed by atoms with Gasteiger partial charge in [0.15, 0.2) is 11.5 Å². The number of aromatic nitrogens is 3. The Labute approximate surface area is 123 Å². The second kappa shape index (κ2) is 5.44. The molecule has 0 saturated carbocycles. The lowest BCUT2D eigenvalue weighted by atomic mass is 10.1. The van der Waals surface area contributed by atoms with Gasteiger partial charge in [-0.3, -0.25) is 4.21 Å². The first kappa shape index (κ1) is 14.0. The van der Waals surface area contributed by atoms with E-state index in [-0.39, 0.29) is 11.7 Å². The molecule has 0 aliphatic carbocycles. The number of fused-ring (bicyclic) bond motifs is 1. The quantitative estimate of drug-likeness (QED) is 0.880. The maximum Gasteiger partial charge on any atom is 0.356 e. The molecule has 7 nitrogen and oxygen atoms in total. The lowest BCUT2D eigenvalue weighted by Crippen LogP contribution is -2.30. The number of nitrogens with zero attached hydrogens (tertiary/aromatic N) is 3. The summed E-state index contributed by atoms with van der Waals surface area (Å²) in [5, 5.41) is 16.4. The van der Waals surface area contributed by atoms with Crippen LogP contribution in [0.15, 0.2) is 12.3 Å². The molecule has 1 fully saturated rings. The zero-order valence-electron chi connectivity index (χ0n) is 11.6. The number of carboxylic acid groups (broad SMARTS) is 1. The summed E-state index contributed by atoms with van der Waals surface area (Å²) in [6.45, 7) is 1.84. The summed E-state index contributed by atoms with van der Waals surface area (Å²) < 4.78 is 12.9. The van der Waals surface area contributed by atoms with Gasteiger partial charge in [0.25, 0.3) is 0 Å². The van der Waals surface area contributed by atoms with E-state index < -0.39 is 16.8 Å². The normalized spacial score (nSPS) is 22.3. The molecule has 0 atom stereocenters. The van der Waals surface area contributed by atoms with Crippen LogP contribution in [0.3, 0.4) is 0 Å². The molecule has 1 saturated heterocycles. The summed E-state index contributed by atoms with van der Waals surface area (Å²) in [6.07, 6.45) is 3.35. The summed E-state index contributed by atoms with van der Waals surface area (Å²) in [7, 11) is -0.708. The molecule has 21 heavy (non-hydrogen) atoms. The third-order valence-electron chi connectivity index (χ3n) is 3.52. The number of anilines is 1. The fourth-order valence-electron chi connectivity index (χ4n) is 2.45. The second-order valence-electron chi connectivity index (χ2n) is 5.16. The first-order valence-electron chi connectivity index (χ1n) is 6.75. The molecule has 0 spiro atoms. The molecule has 1 aliphatic rings. The van der Waals surface area contributed by atoms with Gasteiger partial charge in [-0.1, -0.05) is 0 Å². The number of aryl methyl sites for hydroxylation is 1. The lowest BCUT2D eigenvalue weighted by Gasteiger charge is -2.23. The first-order valence-corrected chi connectivity index (χ1v) is 8.23. The van der Waals surface area contributed by atoms with Crippen LogP contribution < -0.4 is 5.32 Å².